The van der Waals surface area contributed by atoms with Crippen molar-refractivity contribution in [1.29, 1.82) is 5.26 Å². The normalized spacial score (nSPS) is 9.83. The van der Waals surface area contributed by atoms with Gasteiger partial charge in [0.15, 0.2) is 0 Å². The standard InChI is InChI=1S/C12H8Br2N4/c13-8-1-2-11(7(3-8)4-15)18-12-9(14)5-17-6-10(12)16/h1-3,5-6H,16H2,(H,17,18). The summed E-state index contributed by atoms with van der Waals surface area (Å²) in [4.78, 5) is 3.96. The molecule has 3 N–H and O–H groups in total. The second kappa shape index (κ2) is 5.38. The molecule has 0 unspecified atom stereocenters. The summed E-state index contributed by atoms with van der Waals surface area (Å²) in [7, 11) is 0. The van der Waals surface area contributed by atoms with Crippen LogP contribution in [0, 0.1) is 11.3 Å². The first-order chi connectivity index (χ1) is 8.61. The van der Waals surface area contributed by atoms with Gasteiger partial charge in [0.1, 0.15) is 6.07 Å². The van der Waals surface area contributed by atoms with Crippen LogP contribution in [-0.2, 0) is 0 Å². The maximum absolute atomic E-state index is 9.09. The minimum Gasteiger partial charge on any atom is -0.396 e. The van der Waals surface area contributed by atoms with Gasteiger partial charge < -0.3 is 11.1 Å². The van der Waals surface area contributed by atoms with Crippen molar-refractivity contribution in [1.82, 2.24) is 4.98 Å². The fourth-order valence-electron chi connectivity index (χ4n) is 1.43. The van der Waals surface area contributed by atoms with Crippen molar-refractivity contribution in [2.45, 2.75) is 0 Å². The van der Waals surface area contributed by atoms with Crippen molar-refractivity contribution < 1.29 is 0 Å². The van der Waals surface area contributed by atoms with Gasteiger partial charge in [-0.15, -0.1) is 0 Å². The van der Waals surface area contributed by atoms with Gasteiger partial charge in [-0.1, -0.05) is 15.9 Å². The van der Waals surface area contributed by atoms with E-state index in [0.717, 1.165) is 8.95 Å². The smallest absolute Gasteiger partial charge is 0.101 e. The SMILES string of the molecule is N#Cc1cc(Br)ccc1Nc1c(N)cncc1Br. The molecule has 4 nitrogen and oxygen atoms in total. The number of anilines is 3. The largest absolute Gasteiger partial charge is 0.396 e. The van der Waals surface area contributed by atoms with Crippen molar-refractivity contribution >= 4 is 48.9 Å². The highest BCUT2D eigenvalue weighted by molar-refractivity contribution is 9.10. The van der Waals surface area contributed by atoms with Crippen LogP contribution in [0.3, 0.4) is 0 Å². The summed E-state index contributed by atoms with van der Waals surface area (Å²) >= 11 is 6.70. The molecule has 2 aromatic rings. The molecule has 0 amide bonds. The van der Waals surface area contributed by atoms with Crippen LogP contribution >= 0.6 is 31.9 Å². The Morgan fingerprint density at radius 3 is 2.72 bits per heavy atom. The van der Waals surface area contributed by atoms with E-state index in [1.54, 1.807) is 18.5 Å². The Balaban J connectivity index is 2.44. The molecule has 90 valence electrons. The Hall–Kier alpha value is -1.58. The number of nitrogens with zero attached hydrogens (tertiary/aromatic N) is 2. The Labute approximate surface area is 121 Å². The van der Waals surface area contributed by atoms with E-state index in [1.807, 2.05) is 12.1 Å². The number of halogens is 2. The van der Waals surface area contributed by atoms with Crippen molar-refractivity contribution in [3.63, 3.8) is 0 Å². The molecule has 18 heavy (non-hydrogen) atoms. The van der Waals surface area contributed by atoms with E-state index >= 15 is 0 Å². The molecule has 0 saturated heterocycles. The zero-order valence-corrected chi connectivity index (χ0v) is 12.3. The van der Waals surface area contributed by atoms with E-state index in [1.165, 1.54) is 0 Å². The first-order valence-electron chi connectivity index (χ1n) is 4.97. The van der Waals surface area contributed by atoms with Gasteiger partial charge >= 0.3 is 0 Å². The molecule has 0 radical (unpaired) electrons. The molecule has 0 aliphatic heterocycles. The van der Waals surface area contributed by atoms with Crippen LogP contribution in [0.5, 0.6) is 0 Å². The molecule has 2 rings (SSSR count). The molecular formula is C12H8Br2N4. The number of hydrogen-bond donors (Lipinski definition) is 2. The van der Waals surface area contributed by atoms with E-state index in [0.29, 0.717) is 22.6 Å². The molecule has 0 spiro atoms. The molecule has 0 bridgehead atoms. The van der Waals surface area contributed by atoms with Crippen LogP contribution in [0.2, 0.25) is 0 Å². The summed E-state index contributed by atoms with van der Waals surface area (Å²) in [5, 5.41) is 12.2. The van der Waals surface area contributed by atoms with E-state index < -0.39 is 0 Å². The maximum Gasteiger partial charge on any atom is 0.101 e. The van der Waals surface area contributed by atoms with Gasteiger partial charge in [0.25, 0.3) is 0 Å². The van der Waals surface area contributed by atoms with Crippen LogP contribution in [0.1, 0.15) is 5.56 Å². The lowest BCUT2D eigenvalue weighted by atomic mass is 10.2. The fourth-order valence-corrected chi connectivity index (χ4v) is 2.24. The quantitative estimate of drug-likeness (QED) is 0.846. The Morgan fingerprint density at radius 2 is 2.06 bits per heavy atom. The van der Waals surface area contributed by atoms with E-state index in [-0.39, 0.29) is 0 Å². The predicted octanol–water partition coefficient (Wildman–Crippen LogP) is 3.80. The zero-order chi connectivity index (χ0) is 13.1. The van der Waals surface area contributed by atoms with Crippen molar-refractivity contribution in [3.8, 4) is 6.07 Å². The van der Waals surface area contributed by atoms with Crippen LogP contribution in [0.4, 0.5) is 17.1 Å². The third kappa shape index (κ3) is 2.63. The third-order valence-electron chi connectivity index (χ3n) is 2.29. The summed E-state index contributed by atoms with van der Waals surface area (Å²) in [6.45, 7) is 0. The summed E-state index contributed by atoms with van der Waals surface area (Å²) in [6.07, 6.45) is 3.20. The number of aromatic nitrogens is 1. The number of nitrogens with two attached hydrogens (primary N) is 1. The van der Waals surface area contributed by atoms with Gasteiger partial charge in [-0.25, -0.2) is 0 Å². The maximum atomic E-state index is 9.09. The van der Waals surface area contributed by atoms with Gasteiger partial charge in [-0.2, -0.15) is 5.26 Å². The van der Waals surface area contributed by atoms with Gasteiger partial charge in [-0.3, -0.25) is 4.98 Å². The average molecular weight is 368 g/mol. The summed E-state index contributed by atoms with van der Waals surface area (Å²) in [6, 6.07) is 7.55. The Morgan fingerprint density at radius 1 is 1.28 bits per heavy atom. The molecule has 0 aliphatic carbocycles. The predicted molar refractivity (Wildman–Crippen MR) is 78.5 cm³/mol. The number of nitrogens with one attached hydrogen (secondary N) is 1. The fraction of sp³-hybridized carbons (Fsp3) is 0. The monoisotopic (exact) mass is 366 g/mol. The topological polar surface area (TPSA) is 74.7 Å². The second-order valence-corrected chi connectivity index (χ2v) is 5.28. The molecule has 0 aliphatic rings. The van der Waals surface area contributed by atoms with E-state index in [9.17, 15) is 0 Å². The highest BCUT2D eigenvalue weighted by Crippen LogP contribution is 2.32. The molecule has 0 atom stereocenters. The summed E-state index contributed by atoms with van der Waals surface area (Å²) in [5.74, 6) is 0. The lowest BCUT2D eigenvalue weighted by molar-refractivity contribution is 1.31. The number of hydrogen-bond acceptors (Lipinski definition) is 4. The van der Waals surface area contributed by atoms with Gasteiger partial charge in [-0.05, 0) is 34.1 Å². The van der Waals surface area contributed by atoms with Crippen molar-refractivity contribution in [2.75, 3.05) is 11.1 Å². The number of nitriles is 1. The molecule has 1 aromatic carbocycles. The van der Waals surface area contributed by atoms with Gasteiger partial charge in [0.05, 0.1) is 33.3 Å². The Bertz CT molecular complexity index is 614. The van der Waals surface area contributed by atoms with Crippen LogP contribution in [0.15, 0.2) is 39.5 Å². The number of benzene rings is 1. The van der Waals surface area contributed by atoms with E-state index in [4.69, 9.17) is 11.0 Å². The van der Waals surface area contributed by atoms with E-state index in [2.05, 4.69) is 48.2 Å². The molecule has 6 heteroatoms. The highest BCUT2D eigenvalue weighted by atomic mass is 79.9. The first kappa shape index (κ1) is 12.9. The van der Waals surface area contributed by atoms with Gasteiger partial charge in [0.2, 0.25) is 0 Å². The zero-order valence-electron chi connectivity index (χ0n) is 9.11. The number of pyridine rings is 1. The van der Waals surface area contributed by atoms with Crippen LogP contribution in [-0.4, -0.2) is 4.98 Å². The highest BCUT2D eigenvalue weighted by Gasteiger charge is 2.08. The molecule has 1 aromatic heterocycles. The minimum absolute atomic E-state index is 0.510. The number of nitrogen functional groups attached to an aromatic ring is 1. The van der Waals surface area contributed by atoms with Crippen molar-refractivity contribution in [2.24, 2.45) is 0 Å². The molecular weight excluding hydrogens is 360 g/mol. The Kier molecular flexibility index (Phi) is 3.84. The lowest BCUT2D eigenvalue weighted by Crippen LogP contribution is -1.99. The average Bonchev–Trinajstić information content (AvgIpc) is 2.35. The van der Waals surface area contributed by atoms with Gasteiger partial charge in [0, 0.05) is 10.7 Å². The second-order valence-electron chi connectivity index (χ2n) is 3.51. The molecule has 0 fully saturated rings. The molecule has 0 saturated carbocycles. The summed E-state index contributed by atoms with van der Waals surface area (Å²) < 4.78 is 1.60. The lowest BCUT2D eigenvalue weighted by Gasteiger charge is -2.12. The first-order valence-corrected chi connectivity index (χ1v) is 6.56. The van der Waals surface area contributed by atoms with Crippen LogP contribution < -0.4 is 11.1 Å². The summed E-state index contributed by atoms with van der Waals surface area (Å²) in [5.41, 5.74) is 8.28. The number of rotatable bonds is 2. The molecule has 1 heterocycles. The minimum atomic E-state index is 0.510. The van der Waals surface area contributed by atoms with Crippen molar-refractivity contribution in [3.05, 3.63) is 45.1 Å². The third-order valence-corrected chi connectivity index (χ3v) is 3.39. The van der Waals surface area contributed by atoms with Crippen LogP contribution in [0.25, 0.3) is 0 Å².